The van der Waals surface area contributed by atoms with Gasteiger partial charge in [-0.25, -0.2) is 5.01 Å². The Kier molecular flexibility index (Phi) is 7.52. The van der Waals surface area contributed by atoms with Crippen molar-refractivity contribution in [3.63, 3.8) is 0 Å². The summed E-state index contributed by atoms with van der Waals surface area (Å²) in [4.78, 5) is 0. The number of halogens is 3. The highest BCUT2D eigenvalue weighted by Crippen LogP contribution is 2.51. The highest BCUT2D eigenvalue weighted by atomic mass is 35.5. The molecule has 2 atom stereocenters. The van der Waals surface area contributed by atoms with Crippen LogP contribution >= 0.6 is 34.8 Å². The molecule has 2 aliphatic rings. The van der Waals surface area contributed by atoms with E-state index in [1.807, 2.05) is 53.5 Å². The number of hydrogen-bond donors (Lipinski definition) is 0. The van der Waals surface area contributed by atoms with E-state index in [1.54, 1.807) is 13.2 Å². The van der Waals surface area contributed by atoms with E-state index in [9.17, 15) is 0 Å². The Morgan fingerprint density at radius 1 is 0.972 bits per heavy atom. The number of unbranched alkanes of at least 4 members (excludes halogenated alkanes) is 2. The van der Waals surface area contributed by atoms with Gasteiger partial charge in [-0.15, -0.1) is 0 Å². The Morgan fingerprint density at radius 3 is 2.53 bits per heavy atom. The van der Waals surface area contributed by atoms with Gasteiger partial charge in [-0.1, -0.05) is 66.7 Å². The summed E-state index contributed by atoms with van der Waals surface area (Å²) < 4.78 is 18.1. The lowest BCUT2D eigenvalue weighted by molar-refractivity contribution is -0.0190. The van der Waals surface area contributed by atoms with Gasteiger partial charge in [-0.05, 0) is 54.4 Å². The summed E-state index contributed by atoms with van der Waals surface area (Å²) in [6.45, 7) is 2.82. The largest absolute Gasteiger partial charge is 0.493 e. The predicted molar refractivity (Wildman–Crippen MR) is 145 cm³/mol. The first-order valence-electron chi connectivity index (χ1n) is 12.1. The maximum absolute atomic E-state index is 6.60. The minimum Gasteiger partial charge on any atom is -0.493 e. The molecule has 2 heterocycles. The fourth-order valence-electron chi connectivity index (χ4n) is 4.64. The summed E-state index contributed by atoms with van der Waals surface area (Å²) in [7, 11) is 1.64. The lowest BCUT2D eigenvalue weighted by Crippen LogP contribution is -2.33. The molecule has 0 spiro atoms. The number of nitrogens with zero attached hydrogens (tertiary/aromatic N) is 2. The van der Waals surface area contributed by atoms with E-state index in [1.165, 1.54) is 0 Å². The average molecular weight is 546 g/mol. The molecule has 0 bridgehead atoms. The normalized spacial score (nSPS) is 18.2. The molecule has 2 unspecified atom stereocenters. The third-order valence-corrected chi connectivity index (χ3v) is 7.21. The van der Waals surface area contributed by atoms with Crippen molar-refractivity contribution in [2.45, 2.75) is 44.9 Å². The number of ether oxygens (including phenoxy) is 3. The molecular formula is C28H27Cl3N2O3. The maximum atomic E-state index is 6.60. The summed E-state index contributed by atoms with van der Waals surface area (Å²) in [5, 5.41) is 8.70. The zero-order valence-electron chi connectivity index (χ0n) is 20.1. The van der Waals surface area contributed by atoms with Gasteiger partial charge in [-0.3, -0.25) is 0 Å². The highest BCUT2D eigenvalue weighted by molar-refractivity contribution is 6.35. The zero-order valence-corrected chi connectivity index (χ0v) is 22.4. The van der Waals surface area contributed by atoms with Crippen LogP contribution in [0, 0.1) is 0 Å². The standard InChI is InChI=1S/C28H27Cl3N2O3/c1-3-4-5-12-35-25-11-8-18(13-26(25)34-2)28-33-24(21-14-20(30)15-22(31)27(21)36-28)16-23(32-33)17-6-9-19(29)10-7-17/h6-11,13-15,24,28H,3-5,12,16H2,1-2H3. The fraction of sp³-hybridized carbons (Fsp3) is 0.321. The van der Waals surface area contributed by atoms with Crippen molar-refractivity contribution in [1.82, 2.24) is 5.01 Å². The molecule has 0 aliphatic carbocycles. The smallest absolute Gasteiger partial charge is 0.214 e. The Hall–Kier alpha value is -2.60. The average Bonchev–Trinajstić information content (AvgIpc) is 3.33. The lowest BCUT2D eigenvalue weighted by Gasteiger charge is -2.38. The van der Waals surface area contributed by atoms with Gasteiger partial charge in [0, 0.05) is 27.6 Å². The van der Waals surface area contributed by atoms with Crippen LogP contribution in [0.15, 0.2) is 59.7 Å². The van der Waals surface area contributed by atoms with Crippen molar-refractivity contribution in [3.8, 4) is 17.2 Å². The molecule has 36 heavy (non-hydrogen) atoms. The van der Waals surface area contributed by atoms with Crippen LogP contribution in [0.25, 0.3) is 0 Å². The summed E-state index contributed by atoms with van der Waals surface area (Å²) in [6.07, 6.45) is 3.45. The SMILES string of the molecule is CCCCCOc1ccc(C2Oc3c(Cl)cc(Cl)cc3C3CC(c4ccc(Cl)cc4)=NN32)cc1OC. The van der Waals surface area contributed by atoms with Crippen LogP contribution < -0.4 is 14.2 Å². The van der Waals surface area contributed by atoms with Gasteiger partial charge in [0.1, 0.15) is 5.75 Å². The third kappa shape index (κ3) is 4.97. The van der Waals surface area contributed by atoms with Crippen molar-refractivity contribution < 1.29 is 14.2 Å². The number of methoxy groups -OCH3 is 1. The van der Waals surface area contributed by atoms with Gasteiger partial charge in [0.2, 0.25) is 6.23 Å². The van der Waals surface area contributed by atoms with E-state index in [-0.39, 0.29) is 6.04 Å². The number of rotatable bonds is 8. The maximum Gasteiger partial charge on any atom is 0.214 e. The quantitative estimate of drug-likeness (QED) is 0.266. The van der Waals surface area contributed by atoms with Crippen molar-refractivity contribution >= 4 is 40.5 Å². The molecule has 3 aromatic rings. The van der Waals surface area contributed by atoms with Gasteiger partial charge in [0.15, 0.2) is 11.5 Å². The van der Waals surface area contributed by atoms with Crippen molar-refractivity contribution in [2.24, 2.45) is 5.10 Å². The minimum absolute atomic E-state index is 0.0865. The first kappa shape index (κ1) is 25.1. The van der Waals surface area contributed by atoms with Crippen LogP contribution in [0.1, 0.15) is 61.6 Å². The fourth-order valence-corrected chi connectivity index (χ4v) is 5.32. The molecule has 0 N–H and O–H groups in total. The lowest BCUT2D eigenvalue weighted by atomic mass is 9.96. The molecule has 3 aromatic carbocycles. The summed E-state index contributed by atoms with van der Waals surface area (Å²) in [6, 6.07) is 17.1. The molecule has 0 amide bonds. The highest BCUT2D eigenvalue weighted by Gasteiger charge is 2.42. The van der Waals surface area contributed by atoms with Gasteiger partial charge < -0.3 is 14.2 Å². The Bertz CT molecular complexity index is 1280. The molecule has 5 nitrogen and oxygen atoms in total. The van der Waals surface area contributed by atoms with Gasteiger partial charge >= 0.3 is 0 Å². The summed E-state index contributed by atoms with van der Waals surface area (Å²) in [5.74, 6) is 1.98. The molecule has 5 rings (SSSR count). The molecule has 0 saturated carbocycles. The van der Waals surface area contributed by atoms with E-state index < -0.39 is 6.23 Å². The molecule has 0 aromatic heterocycles. The Labute approximate surface area is 226 Å². The topological polar surface area (TPSA) is 43.3 Å². The van der Waals surface area contributed by atoms with E-state index in [0.717, 1.165) is 41.7 Å². The van der Waals surface area contributed by atoms with E-state index in [4.69, 9.17) is 54.1 Å². The second kappa shape index (κ2) is 10.8. The van der Waals surface area contributed by atoms with E-state index >= 15 is 0 Å². The molecular weight excluding hydrogens is 519 g/mol. The Morgan fingerprint density at radius 2 is 1.78 bits per heavy atom. The second-order valence-electron chi connectivity index (χ2n) is 8.90. The van der Waals surface area contributed by atoms with Crippen LogP contribution in [-0.4, -0.2) is 24.4 Å². The first-order chi connectivity index (χ1) is 17.5. The zero-order chi connectivity index (χ0) is 25.2. The van der Waals surface area contributed by atoms with Crippen molar-refractivity contribution in [2.75, 3.05) is 13.7 Å². The third-order valence-electron chi connectivity index (χ3n) is 6.46. The van der Waals surface area contributed by atoms with Crippen molar-refractivity contribution in [3.05, 3.63) is 86.4 Å². The molecule has 2 aliphatic heterocycles. The molecule has 0 fully saturated rings. The molecule has 188 valence electrons. The van der Waals surface area contributed by atoms with E-state index in [2.05, 4.69) is 6.92 Å². The van der Waals surface area contributed by atoms with Crippen LogP contribution in [-0.2, 0) is 0 Å². The number of hydrazone groups is 1. The van der Waals surface area contributed by atoms with Gasteiger partial charge in [0.05, 0.1) is 30.5 Å². The monoisotopic (exact) mass is 544 g/mol. The van der Waals surface area contributed by atoms with Crippen LogP contribution in [0.5, 0.6) is 17.2 Å². The van der Waals surface area contributed by atoms with Crippen molar-refractivity contribution in [1.29, 1.82) is 0 Å². The van der Waals surface area contributed by atoms with Crippen LogP contribution in [0.4, 0.5) is 0 Å². The van der Waals surface area contributed by atoms with Gasteiger partial charge in [0.25, 0.3) is 0 Å². The van der Waals surface area contributed by atoms with Crippen LogP contribution in [0.2, 0.25) is 15.1 Å². The first-order valence-corrected chi connectivity index (χ1v) is 13.2. The van der Waals surface area contributed by atoms with E-state index in [0.29, 0.717) is 45.3 Å². The molecule has 8 heteroatoms. The Balaban J connectivity index is 1.52. The number of fused-ring (bicyclic) bond motifs is 3. The van der Waals surface area contributed by atoms with Crippen LogP contribution in [0.3, 0.4) is 0 Å². The number of benzene rings is 3. The molecule has 0 saturated heterocycles. The minimum atomic E-state index is -0.506. The predicted octanol–water partition coefficient (Wildman–Crippen LogP) is 8.47. The van der Waals surface area contributed by atoms with Gasteiger partial charge in [-0.2, -0.15) is 5.10 Å². The second-order valence-corrected chi connectivity index (χ2v) is 10.2. The summed E-state index contributed by atoms with van der Waals surface area (Å²) >= 11 is 19.1. The number of hydrogen-bond acceptors (Lipinski definition) is 5. The molecule has 0 radical (unpaired) electrons. The summed E-state index contributed by atoms with van der Waals surface area (Å²) in [5.41, 5.74) is 3.75.